The molecule has 0 bridgehead atoms. The molecule has 1 fully saturated rings. The Labute approximate surface area is 145 Å². The topological polar surface area (TPSA) is 21.3 Å². The molecule has 118 valence electrons. The van der Waals surface area contributed by atoms with Gasteiger partial charge >= 0.3 is 0 Å². The number of hydrogen-bond acceptors (Lipinski definition) is 2. The number of rotatable bonds is 4. The van der Waals surface area contributed by atoms with Gasteiger partial charge < -0.3 is 10.1 Å². The van der Waals surface area contributed by atoms with Crippen molar-refractivity contribution in [3.05, 3.63) is 63.9 Å². The molecular formula is C16H15Cl3FNO. The molecule has 3 rings (SSSR count). The number of halogens is 4. The molecule has 1 N–H and O–H groups in total. The van der Waals surface area contributed by atoms with Crippen LogP contribution >= 0.6 is 35.6 Å². The minimum absolute atomic E-state index is 0. The van der Waals surface area contributed by atoms with Crippen LogP contribution in [0.15, 0.2) is 42.5 Å². The molecule has 2 aromatic rings. The predicted octanol–water partition coefficient (Wildman–Crippen LogP) is 4.89. The first-order valence-corrected chi connectivity index (χ1v) is 7.47. The van der Waals surface area contributed by atoms with E-state index < -0.39 is 0 Å². The average Bonchev–Trinajstić information content (AvgIpc) is 2.39. The highest BCUT2D eigenvalue weighted by Gasteiger charge is 2.30. The van der Waals surface area contributed by atoms with Crippen molar-refractivity contribution in [2.45, 2.75) is 6.10 Å². The van der Waals surface area contributed by atoms with E-state index in [-0.39, 0.29) is 24.3 Å². The summed E-state index contributed by atoms with van der Waals surface area (Å²) in [4.78, 5) is 0. The van der Waals surface area contributed by atoms with Crippen molar-refractivity contribution in [1.82, 2.24) is 5.32 Å². The second-order valence-electron chi connectivity index (χ2n) is 5.09. The lowest BCUT2D eigenvalue weighted by atomic mass is 9.91. The van der Waals surface area contributed by atoms with E-state index in [1.54, 1.807) is 18.2 Å². The van der Waals surface area contributed by atoms with Crippen molar-refractivity contribution in [2.24, 2.45) is 5.92 Å². The Morgan fingerprint density at radius 3 is 2.45 bits per heavy atom. The van der Waals surface area contributed by atoms with Gasteiger partial charge in [0, 0.05) is 25.1 Å². The quantitative estimate of drug-likeness (QED) is 0.836. The summed E-state index contributed by atoms with van der Waals surface area (Å²) in [6.45, 7) is 1.72. The molecule has 0 aliphatic carbocycles. The third-order valence-electron chi connectivity index (χ3n) is 3.57. The molecule has 1 aliphatic heterocycles. The fraction of sp³-hybridized carbons (Fsp3) is 0.250. The first kappa shape index (κ1) is 17.4. The molecule has 0 aromatic heterocycles. The van der Waals surface area contributed by atoms with Crippen LogP contribution in [0.4, 0.5) is 4.39 Å². The van der Waals surface area contributed by atoms with E-state index in [0.29, 0.717) is 21.7 Å². The lowest BCUT2D eigenvalue weighted by Gasteiger charge is -2.35. The molecule has 0 amide bonds. The van der Waals surface area contributed by atoms with Gasteiger partial charge in [0.1, 0.15) is 17.7 Å². The fourth-order valence-electron chi connectivity index (χ4n) is 2.34. The highest BCUT2D eigenvalue weighted by molar-refractivity contribution is 6.42. The van der Waals surface area contributed by atoms with Crippen LogP contribution in [0.5, 0.6) is 5.75 Å². The normalized spacial score (nSPS) is 15.6. The van der Waals surface area contributed by atoms with Crippen molar-refractivity contribution in [3.63, 3.8) is 0 Å². The zero-order valence-corrected chi connectivity index (χ0v) is 13.9. The molecule has 1 heterocycles. The predicted molar refractivity (Wildman–Crippen MR) is 89.8 cm³/mol. The summed E-state index contributed by atoms with van der Waals surface area (Å²) in [5, 5.41) is 4.23. The number of nitrogens with one attached hydrogen (secondary N) is 1. The van der Waals surface area contributed by atoms with Gasteiger partial charge in [-0.2, -0.15) is 0 Å². The monoisotopic (exact) mass is 361 g/mol. The summed E-state index contributed by atoms with van der Waals surface area (Å²) >= 11 is 12.0. The third-order valence-corrected chi connectivity index (χ3v) is 4.31. The average molecular weight is 363 g/mol. The Kier molecular flexibility index (Phi) is 5.93. The van der Waals surface area contributed by atoms with Crippen LogP contribution in [-0.2, 0) is 0 Å². The highest BCUT2D eigenvalue weighted by Crippen LogP contribution is 2.34. The largest absolute Gasteiger partial charge is 0.485 e. The zero-order valence-electron chi connectivity index (χ0n) is 11.6. The molecule has 2 nitrogen and oxygen atoms in total. The SMILES string of the molecule is Cl.Fc1cccc(O[C@H](c2ccc(Cl)c(Cl)c2)C2CNC2)c1. The lowest BCUT2D eigenvalue weighted by molar-refractivity contribution is 0.0990. The Morgan fingerprint density at radius 2 is 1.86 bits per heavy atom. The van der Waals surface area contributed by atoms with E-state index in [1.807, 2.05) is 12.1 Å². The van der Waals surface area contributed by atoms with Gasteiger partial charge in [-0.1, -0.05) is 35.3 Å². The van der Waals surface area contributed by atoms with E-state index in [0.717, 1.165) is 18.7 Å². The molecule has 1 atom stereocenters. The van der Waals surface area contributed by atoms with Gasteiger partial charge in [-0.15, -0.1) is 12.4 Å². The van der Waals surface area contributed by atoms with Crippen LogP contribution in [0, 0.1) is 11.7 Å². The smallest absolute Gasteiger partial charge is 0.129 e. The standard InChI is InChI=1S/C16H14Cl2FNO.ClH/c17-14-5-4-10(6-15(14)18)16(11-8-20-9-11)21-13-3-1-2-12(19)7-13;/h1-7,11,16,20H,8-9H2;1H/t16-;/m1./s1. The fourth-order valence-corrected chi connectivity index (χ4v) is 2.64. The molecule has 0 saturated carbocycles. The van der Waals surface area contributed by atoms with E-state index in [1.165, 1.54) is 12.1 Å². The molecule has 1 aliphatic rings. The van der Waals surface area contributed by atoms with Gasteiger partial charge in [0.25, 0.3) is 0 Å². The molecule has 6 heteroatoms. The Hall–Kier alpha value is -1.00. The minimum Gasteiger partial charge on any atom is -0.485 e. The van der Waals surface area contributed by atoms with Crippen LogP contribution in [0.3, 0.4) is 0 Å². The van der Waals surface area contributed by atoms with Gasteiger partial charge in [0.05, 0.1) is 10.0 Å². The first-order valence-electron chi connectivity index (χ1n) is 6.71. The summed E-state index contributed by atoms with van der Waals surface area (Å²) in [5.41, 5.74) is 0.945. The summed E-state index contributed by atoms with van der Waals surface area (Å²) in [7, 11) is 0. The van der Waals surface area contributed by atoms with Crippen LogP contribution in [0.1, 0.15) is 11.7 Å². The molecule has 0 unspecified atom stereocenters. The molecule has 22 heavy (non-hydrogen) atoms. The summed E-state index contributed by atoms with van der Waals surface area (Å²) in [6, 6.07) is 11.6. The lowest BCUT2D eigenvalue weighted by Crippen LogP contribution is -2.46. The summed E-state index contributed by atoms with van der Waals surface area (Å²) < 4.78 is 19.3. The number of benzene rings is 2. The van der Waals surface area contributed by atoms with Gasteiger partial charge in [0.2, 0.25) is 0 Å². The maximum absolute atomic E-state index is 13.3. The van der Waals surface area contributed by atoms with Crippen LogP contribution in [0.2, 0.25) is 10.0 Å². The Morgan fingerprint density at radius 1 is 1.09 bits per heavy atom. The van der Waals surface area contributed by atoms with E-state index in [9.17, 15) is 4.39 Å². The molecule has 0 radical (unpaired) electrons. The van der Waals surface area contributed by atoms with Gasteiger partial charge in [0.15, 0.2) is 0 Å². The highest BCUT2D eigenvalue weighted by atomic mass is 35.5. The van der Waals surface area contributed by atoms with Crippen molar-refractivity contribution in [1.29, 1.82) is 0 Å². The van der Waals surface area contributed by atoms with E-state index in [4.69, 9.17) is 27.9 Å². The van der Waals surface area contributed by atoms with E-state index >= 15 is 0 Å². The van der Waals surface area contributed by atoms with E-state index in [2.05, 4.69) is 5.32 Å². The van der Waals surface area contributed by atoms with Crippen LogP contribution in [0.25, 0.3) is 0 Å². The molecular weight excluding hydrogens is 348 g/mol. The van der Waals surface area contributed by atoms with Crippen molar-refractivity contribution < 1.29 is 9.13 Å². The molecule has 1 saturated heterocycles. The number of hydrogen-bond donors (Lipinski definition) is 1. The van der Waals surface area contributed by atoms with Crippen molar-refractivity contribution >= 4 is 35.6 Å². The maximum Gasteiger partial charge on any atom is 0.129 e. The first-order chi connectivity index (χ1) is 10.1. The van der Waals surface area contributed by atoms with Crippen molar-refractivity contribution in [2.75, 3.05) is 13.1 Å². The van der Waals surface area contributed by atoms with Crippen LogP contribution in [-0.4, -0.2) is 13.1 Å². The zero-order chi connectivity index (χ0) is 14.8. The summed E-state index contributed by atoms with van der Waals surface area (Å²) in [5.74, 6) is 0.524. The maximum atomic E-state index is 13.3. The van der Waals surface area contributed by atoms with Crippen molar-refractivity contribution in [3.8, 4) is 5.75 Å². The molecule has 2 aromatic carbocycles. The third kappa shape index (κ3) is 3.85. The van der Waals surface area contributed by atoms with Crippen LogP contribution < -0.4 is 10.1 Å². The summed E-state index contributed by atoms with van der Waals surface area (Å²) in [6.07, 6.45) is -0.178. The molecule has 0 spiro atoms. The second kappa shape index (κ2) is 7.51. The Bertz CT molecular complexity index is 649. The van der Waals surface area contributed by atoms with Gasteiger partial charge in [-0.05, 0) is 29.8 Å². The van der Waals surface area contributed by atoms with Gasteiger partial charge in [-0.25, -0.2) is 4.39 Å². The minimum atomic E-state index is -0.313. The second-order valence-corrected chi connectivity index (χ2v) is 5.90. The number of ether oxygens (including phenoxy) is 1. The Balaban J connectivity index is 0.00000176. The van der Waals surface area contributed by atoms with Gasteiger partial charge in [-0.3, -0.25) is 0 Å².